The van der Waals surface area contributed by atoms with Gasteiger partial charge in [0.25, 0.3) is 0 Å². The van der Waals surface area contributed by atoms with E-state index in [1.54, 1.807) is 6.08 Å². The monoisotopic (exact) mass is 195 g/mol. The topological polar surface area (TPSA) is 29.5 Å². The average Bonchev–Trinajstić information content (AvgIpc) is 2.57. The summed E-state index contributed by atoms with van der Waals surface area (Å²) in [5.74, 6) is 0.270. The van der Waals surface area contributed by atoms with E-state index >= 15 is 0 Å². The Bertz CT molecular complexity index is 272. The van der Waals surface area contributed by atoms with Crippen molar-refractivity contribution in [3.63, 3.8) is 0 Å². The fourth-order valence-corrected chi connectivity index (χ4v) is 2.15. The summed E-state index contributed by atoms with van der Waals surface area (Å²) in [5, 5.41) is 0. The minimum absolute atomic E-state index is 0.264. The lowest BCUT2D eigenvalue weighted by Crippen LogP contribution is -2.47. The molecule has 2 aliphatic rings. The molecule has 2 unspecified atom stereocenters. The summed E-state index contributed by atoms with van der Waals surface area (Å²) in [4.78, 5) is 13.5. The zero-order valence-corrected chi connectivity index (χ0v) is 8.82. The van der Waals surface area contributed by atoms with Gasteiger partial charge < -0.3 is 9.64 Å². The third kappa shape index (κ3) is 1.69. The lowest BCUT2D eigenvalue weighted by atomic mass is 10.1. The van der Waals surface area contributed by atoms with E-state index in [1.165, 1.54) is 5.70 Å². The molecule has 3 heteroatoms. The molecule has 78 valence electrons. The quantitative estimate of drug-likeness (QED) is 0.632. The van der Waals surface area contributed by atoms with Crippen LogP contribution >= 0.6 is 0 Å². The molecule has 1 heterocycles. The predicted octanol–water partition coefficient (Wildman–Crippen LogP) is 1.34. The van der Waals surface area contributed by atoms with Gasteiger partial charge in [0.15, 0.2) is 5.78 Å². The first-order valence-electron chi connectivity index (χ1n) is 5.30. The van der Waals surface area contributed by atoms with Gasteiger partial charge in [-0.3, -0.25) is 4.79 Å². The standard InChI is InChI=1S/C11H17NO2/c1-8-9(2)14-6-5-12(8)10-3-4-11(13)7-10/h7-9H,3-6H2,1-2H3. The molecule has 3 nitrogen and oxygen atoms in total. The smallest absolute Gasteiger partial charge is 0.157 e. The van der Waals surface area contributed by atoms with E-state index in [-0.39, 0.29) is 11.9 Å². The number of ketones is 1. The van der Waals surface area contributed by atoms with Crippen molar-refractivity contribution in [3.05, 3.63) is 11.8 Å². The lowest BCUT2D eigenvalue weighted by molar-refractivity contribution is -0.114. The molecule has 0 saturated carbocycles. The highest BCUT2D eigenvalue weighted by Crippen LogP contribution is 2.25. The molecule has 1 fully saturated rings. The van der Waals surface area contributed by atoms with E-state index in [0.717, 1.165) is 19.6 Å². The molecule has 0 radical (unpaired) electrons. The third-order valence-corrected chi connectivity index (χ3v) is 3.21. The van der Waals surface area contributed by atoms with Crippen molar-refractivity contribution < 1.29 is 9.53 Å². The number of carbonyl (C=O) groups is 1. The SMILES string of the molecule is CC1OCCN(C2=CC(=O)CC2)C1C. The van der Waals surface area contributed by atoms with Crippen LogP contribution in [0.4, 0.5) is 0 Å². The van der Waals surface area contributed by atoms with Gasteiger partial charge >= 0.3 is 0 Å². The number of ether oxygens (including phenoxy) is 1. The van der Waals surface area contributed by atoms with Crippen molar-refractivity contribution in [2.75, 3.05) is 13.2 Å². The Morgan fingerprint density at radius 3 is 2.86 bits per heavy atom. The van der Waals surface area contributed by atoms with E-state index in [0.29, 0.717) is 12.5 Å². The first kappa shape index (κ1) is 9.71. The van der Waals surface area contributed by atoms with Gasteiger partial charge in [-0.15, -0.1) is 0 Å². The summed E-state index contributed by atoms with van der Waals surface area (Å²) in [6, 6.07) is 0.390. The van der Waals surface area contributed by atoms with Crippen molar-refractivity contribution in [2.24, 2.45) is 0 Å². The average molecular weight is 195 g/mol. The van der Waals surface area contributed by atoms with Crippen LogP contribution in [0.1, 0.15) is 26.7 Å². The Morgan fingerprint density at radius 1 is 1.43 bits per heavy atom. The molecule has 0 aromatic rings. The van der Waals surface area contributed by atoms with E-state index < -0.39 is 0 Å². The van der Waals surface area contributed by atoms with Gasteiger partial charge in [0.05, 0.1) is 18.8 Å². The van der Waals surface area contributed by atoms with Crippen molar-refractivity contribution in [3.8, 4) is 0 Å². The number of morpholine rings is 1. The van der Waals surface area contributed by atoms with E-state index in [1.807, 2.05) is 0 Å². The fraction of sp³-hybridized carbons (Fsp3) is 0.727. The van der Waals surface area contributed by atoms with Crippen LogP contribution in [0.25, 0.3) is 0 Å². The van der Waals surface area contributed by atoms with Crippen molar-refractivity contribution >= 4 is 5.78 Å². The Labute approximate surface area is 84.7 Å². The summed E-state index contributed by atoms with van der Waals surface area (Å²) in [6.45, 7) is 5.95. The Hall–Kier alpha value is -0.830. The van der Waals surface area contributed by atoms with Crippen LogP contribution in [-0.4, -0.2) is 36.0 Å². The molecule has 1 aliphatic heterocycles. The maximum Gasteiger partial charge on any atom is 0.157 e. The second-order valence-corrected chi connectivity index (χ2v) is 4.11. The first-order valence-corrected chi connectivity index (χ1v) is 5.30. The van der Waals surface area contributed by atoms with Gasteiger partial charge in [-0.1, -0.05) is 0 Å². The van der Waals surface area contributed by atoms with Crippen LogP contribution < -0.4 is 0 Å². The molecule has 2 atom stereocenters. The Morgan fingerprint density at radius 2 is 2.21 bits per heavy atom. The van der Waals surface area contributed by atoms with Gasteiger partial charge in [-0.05, 0) is 20.3 Å². The second kappa shape index (κ2) is 3.73. The van der Waals surface area contributed by atoms with E-state index in [9.17, 15) is 4.79 Å². The zero-order valence-electron chi connectivity index (χ0n) is 8.82. The molecule has 0 aromatic carbocycles. The van der Waals surface area contributed by atoms with Gasteiger partial charge in [0, 0.05) is 24.7 Å². The van der Waals surface area contributed by atoms with Gasteiger partial charge in [-0.2, -0.15) is 0 Å². The molecule has 0 bridgehead atoms. The number of hydrogen-bond acceptors (Lipinski definition) is 3. The van der Waals surface area contributed by atoms with Crippen molar-refractivity contribution in [2.45, 2.75) is 38.8 Å². The molecule has 1 saturated heterocycles. The highest BCUT2D eigenvalue weighted by atomic mass is 16.5. The molecule has 2 rings (SSSR count). The molecule has 0 amide bonds. The molecular formula is C11H17NO2. The second-order valence-electron chi connectivity index (χ2n) is 4.11. The van der Waals surface area contributed by atoms with Crippen LogP contribution in [0.5, 0.6) is 0 Å². The van der Waals surface area contributed by atoms with Crippen LogP contribution in [0, 0.1) is 0 Å². The summed E-state index contributed by atoms with van der Waals surface area (Å²) in [7, 11) is 0. The predicted molar refractivity (Wildman–Crippen MR) is 53.9 cm³/mol. The largest absolute Gasteiger partial charge is 0.375 e. The van der Waals surface area contributed by atoms with Gasteiger partial charge in [0.1, 0.15) is 0 Å². The molecule has 0 N–H and O–H groups in total. The van der Waals surface area contributed by atoms with Crippen LogP contribution in [0.15, 0.2) is 11.8 Å². The van der Waals surface area contributed by atoms with E-state index in [4.69, 9.17) is 4.74 Å². The first-order chi connectivity index (χ1) is 6.68. The van der Waals surface area contributed by atoms with E-state index in [2.05, 4.69) is 18.7 Å². The summed E-state index contributed by atoms with van der Waals surface area (Å²) >= 11 is 0. The van der Waals surface area contributed by atoms with Gasteiger partial charge in [0.2, 0.25) is 0 Å². The number of rotatable bonds is 1. The highest BCUT2D eigenvalue weighted by molar-refractivity contribution is 5.92. The number of allylic oxidation sites excluding steroid dienone is 2. The van der Waals surface area contributed by atoms with Crippen LogP contribution in [0.3, 0.4) is 0 Å². The third-order valence-electron chi connectivity index (χ3n) is 3.21. The van der Waals surface area contributed by atoms with Gasteiger partial charge in [-0.25, -0.2) is 0 Å². The molecule has 1 aliphatic carbocycles. The Kier molecular flexibility index (Phi) is 2.59. The molecule has 0 aromatic heterocycles. The normalized spacial score (nSPS) is 33.4. The number of nitrogens with zero attached hydrogens (tertiary/aromatic N) is 1. The summed E-state index contributed by atoms with van der Waals surface area (Å²) in [5.41, 5.74) is 1.21. The zero-order chi connectivity index (χ0) is 10.1. The van der Waals surface area contributed by atoms with Crippen LogP contribution in [0.2, 0.25) is 0 Å². The van der Waals surface area contributed by atoms with Crippen LogP contribution in [-0.2, 0) is 9.53 Å². The highest BCUT2D eigenvalue weighted by Gasteiger charge is 2.28. The molecular weight excluding hydrogens is 178 g/mol. The maximum atomic E-state index is 11.2. The molecule has 14 heavy (non-hydrogen) atoms. The number of carbonyl (C=O) groups excluding carboxylic acids is 1. The summed E-state index contributed by atoms with van der Waals surface area (Å²) < 4.78 is 5.55. The minimum atomic E-state index is 0.264. The maximum absolute atomic E-state index is 11.2. The Balaban J connectivity index is 2.09. The van der Waals surface area contributed by atoms with Crippen molar-refractivity contribution in [1.82, 2.24) is 4.90 Å². The lowest BCUT2D eigenvalue weighted by Gasteiger charge is -2.40. The van der Waals surface area contributed by atoms with Crippen molar-refractivity contribution in [1.29, 1.82) is 0 Å². The minimum Gasteiger partial charge on any atom is -0.375 e. The fourth-order valence-electron chi connectivity index (χ4n) is 2.15. The number of hydrogen-bond donors (Lipinski definition) is 0. The summed E-state index contributed by atoms with van der Waals surface area (Å²) in [6.07, 6.45) is 3.67. The molecule has 0 spiro atoms.